The highest BCUT2D eigenvalue weighted by atomic mass is 32.2. The summed E-state index contributed by atoms with van der Waals surface area (Å²) in [6.45, 7) is 9.76. The van der Waals surface area contributed by atoms with Gasteiger partial charge in [-0.1, -0.05) is 37.7 Å². The Morgan fingerprint density at radius 2 is 1.94 bits per heavy atom. The number of carbonyl (C=O) groups is 1. The molecule has 0 spiro atoms. The Balaban J connectivity index is 1.78. The first-order valence-electron chi connectivity index (χ1n) is 10.7. The van der Waals surface area contributed by atoms with Gasteiger partial charge in [-0.05, 0) is 38.5 Å². The van der Waals surface area contributed by atoms with E-state index in [2.05, 4.69) is 15.2 Å². The molecule has 1 aromatic carbocycles. The number of sulfonamides is 1. The van der Waals surface area contributed by atoms with Gasteiger partial charge >= 0.3 is 0 Å². The van der Waals surface area contributed by atoms with Crippen LogP contribution in [0, 0.1) is 13.8 Å². The van der Waals surface area contributed by atoms with Gasteiger partial charge in [0, 0.05) is 35.7 Å². The predicted molar refractivity (Wildman–Crippen MR) is 128 cm³/mol. The highest BCUT2D eigenvalue weighted by molar-refractivity contribution is 7.99. The first-order valence-corrected chi connectivity index (χ1v) is 13.1. The smallest absolute Gasteiger partial charge is 0.243 e. The molecule has 3 heterocycles. The van der Waals surface area contributed by atoms with Crippen molar-refractivity contribution in [3.8, 4) is 11.4 Å². The number of thioether (sulfide) groups is 1. The van der Waals surface area contributed by atoms with E-state index in [1.54, 1.807) is 35.9 Å². The van der Waals surface area contributed by atoms with Crippen molar-refractivity contribution in [2.75, 3.05) is 18.8 Å². The molecular formula is C22H26N6O3S2. The Labute approximate surface area is 197 Å². The normalized spacial score (nSPS) is 13.8. The van der Waals surface area contributed by atoms with Crippen LogP contribution in [0.4, 0.5) is 0 Å². The topological polar surface area (TPSA) is 113 Å². The van der Waals surface area contributed by atoms with Crippen molar-refractivity contribution in [3.05, 3.63) is 46.8 Å². The minimum absolute atomic E-state index is 0.00784. The van der Waals surface area contributed by atoms with Gasteiger partial charge in [-0.2, -0.15) is 14.1 Å². The van der Waals surface area contributed by atoms with Gasteiger partial charge in [0.2, 0.25) is 15.2 Å². The fourth-order valence-corrected chi connectivity index (χ4v) is 6.43. The molecule has 0 atom stereocenters. The van der Waals surface area contributed by atoms with Crippen LogP contribution >= 0.6 is 11.8 Å². The number of nitrogens with one attached hydrogen (secondary N) is 1. The molecule has 0 radical (unpaired) electrons. The van der Waals surface area contributed by atoms with E-state index in [9.17, 15) is 13.2 Å². The zero-order valence-corrected chi connectivity index (χ0v) is 20.8. The van der Waals surface area contributed by atoms with Crippen molar-refractivity contribution < 1.29 is 13.2 Å². The summed E-state index contributed by atoms with van der Waals surface area (Å²) in [7, 11) is -3.61. The Bertz CT molecular complexity index is 1370. The zero-order chi connectivity index (χ0) is 23.9. The largest absolute Gasteiger partial charge is 0.357 e. The average Bonchev–Trinajstić information content (AvgIpc) is 3.34. The number of hydrogen-bond acceptors (Lipinski definition) is 7. The van der Waals surface area contributed by atoms with Crippen LogP contribution in [0.15, 0.2) is 39.4 Å². The summed E-state index contributed by atoms with van der Waals surface area (Å²) in [4.78, 5) is 15.5. The Morgan fingerprint density at radius 1 is 1.21 bits per heavy atom. The lowest BCUT2D eigenvalue weighted by Gasteiger charge is -2.19. The summed E-state index contributed by atoms with van der Waals surface area (Å²) < 4.78 is 29.0. The molecule has 0 saturated carbocycles. The van der Waals surface area contributed by atoms with Crippen LogP contribution in [-0.2, 0) is 10.0 Å². The second-order valence-electron chi connectivity index (χ2n) is 7.75. The molecular weight excluding hydrogens is 460 g/mol. The fourth-order valence-electron chi connectivity index (χ4n) is 4.11. The second kappa shape index (κ2) is 8.88. The summed E-state index contributed by atoms with van der Waals surface area (Å²) in [6, 6.07) is 6.69. The summed E-state index contributed by atoms with van der Waals surface area (Å²) in [5, 5.41) is 13.9. The minimum atomic E-state index is -3.61. The standard InChI is InChI=1S/C22H26N6O3S2/c1-6-27(7-2)33(30,31)17-10-8-9-16(11-17)21-24-25-22-28(21)26-18(12-32-22)20-13(3)19(15(5)29)14(4)23-20/h8-11,23H,6-7,12H2,1-5H3. The summed E-state index contributed by atoms with van der Waals surface area (Å²) >= 11 is 1.49. The van der Waals surface area contributed by atoms with Crippen LogP contribution in [0.1, 0.15) is 48.1 Å². The molecule has 0 bridgehead atoms. The van der Waals surface area contributed by atoms with E-state index >= 15 is 0 Å². The second-order valence-corrected chi connectivity index (χ2v) is 10.6. The summed E-state index contributed by atoms with van der Waals surface area (Å²) in [5.74, 6) is 1.04. The van der Waals surface area contributed by atoms with E-state index in [0.717, 1.165) is 22.7 Å². The lowest BCUT2D eigenvalue weighted by molar-refractivity contribution is 0.101. The molecule has 0 saturated heterocycles. The first-order chi connectivity index (χ1) is 15.7. The van der Waals surface area contributed by atoms with Crippen molar-refractivity contribution >= 4 is 33.3 Å². The molecule has 1 aliphatic heterocycles. The maximum Gasteiger partial charge on any atom is 0.243 e. The van der Waals surface area contributed by atoms with E-state index in [-0.39, 0.29) is 10.7 Å². The summed E-state index contributed by atoms with van der Waals surface area (Å²) in [6.07, 6.45) is 0. The number of Topliss-reactive ketones (excluding diaryl/α,β-unsaturated/α-hetero) is 1. The van der Waals surface area contributed by atoms with E-state index in [0.29, 0.717) is 41.0 Å². The van der Waals surface area contributed by atoms with Gasteiger partial charge < -0.3 is 4.98 Å². The van der Waals surface area contributed by atoms with E-state index in [1.165, 1.54) is 16.1 Å². The Hall–Kier alpha value is -2.76. The number of rotatable bonds is 7. The first kappa shape index (κ1) is 23.4. The molecule has 174 valence electrons. The molecule has 0 fully saturated rings. The Morgan fingerprint density at radius 3 is 2.58 bits per heavy atom. The maximum absolute atomic E-state index is 13.0. The number of aromatic amines is 1. The van der Waals surface area contributed by atoms with Crippen LogP contribution in [0.5, 0.6) is 0 Å². The van der Waals surface area contributed by atoms with E-state index in [4.69, 9.17) is 5.10 Å². The highest BCUT2D eigenvalue weighted by Crippen LogP contribution is 2.31. The van der Waals surface area contributed by atoms with Crippen molar-refractivity contribution in [1.29, 1.82) is 0 Å². The Kier molecular flexibility index (Phi) is 6.30. The lowest BCUT2D eigenvalue weighted by atomic mass is 10.1. The third-order valence-corrected chi connectivity index (χ3v) is 8.66. The van der Waals surface area contributed by atoms with Crippen molar-refractivity contribution in [3.63, 3.8) is 0 Å². The molecule has 4 rings (SSSR count). The quantitative estimate of drug-likeness (QED) is 0.512. The molecule has 2 aromatic heterocycles. The van der Waals surface area contributed by atoms with Crippen LogP contribution in [-0.4, -0.2) is 62.9 Å². The number of fused-ring (bicyclic) bond motifs is 1. The number of nitrogens with zero attached hydrogens (tertiary/aromatic N) is 5. The van der Waals surface area contributed by atoms with Crippen LogP contribution < -0.4 is 0 Å². The number of carbonyl (C=O) groups excluding carboxylic acids is 1. The van der Waals surface area contributed by atoms with Crippen LogP contribution in [0.2, 0.25) is 0 Å². The van der Waals surface area contributed by atoms with E-state index in [1.807, 2.05) is 27.7 Å². The number of H-pyrrole nitrogens is 1. The molecule has 11 heteroatoms. The summed E-state index contributed by atoms with van der Waals surface area (Å²) in [5.41, 5.74) is 4.55. The molecule has 0 unspecified atom stereocenters. The average molecular weight is 487 g/mol. The van der Waals surface area contributed by atoms with Crippen LogP contribution in [0.3, 0.4) is 0 Å². The van der Waals surface area contributed by atoms with Gasteiger partial charge in [0.1, 0.15) is 0 Å². The molecule has 1 aliphatic rings. The van der Waals surface area contributed by atoms with Gasteiger partial charge in [-0.25, -0.2) is 8.42 Å². The number of aryl methyl sites for hydroxylation is 1. The van der Waals surface area contributed by atoms with E-state index < -0.39 is 10.0 Å². The predicted octanol–water partition coefficient (Wildman–Crippen LogP) is 3.48. The number of benzene rings is 1. The lowest BCUT2D eigenvalue weighted by Crippen LogP contribution is -2.30. The maximum atomic E-state index is 13.0. The molecule has 33 heavy (non-hydrogen) atoms. The van der Waals surface area contributed by atoms with Gasteiger partial charge in [-0.3, -0.25) is 4.79 Å². The highest BCUT2D eigenvalue weighted by Gasteiger charge is 2.26. The molecule has 1 N–H and O–H groups in total. The van der Waals surface area contributed by atoms with Crippen molar-refractivity contribution in [2.24, 2.45) is 5.10 Å². The zero-order valence-electron chi connectivity index (χ0n) is 19.2. The molecule has 0 aliphatic carbocycles. The molecule has 9 nitrogen and oxygen atoms in total. The van der Waals surface area contributed by atoms with Crippen molar-refractivity contribution in [1.82, 2.24) is 24.2 Å². The molecule has 0 amide bonds. The number of ketones is 1. The number of hydrogen-bond donors (Lipinski definition) is 1. The van der Waals surface area contributed by atoms with Gasteiger partial charge in [0.15, 0.2) is 11.6 Å². The van der Waals surface area contributed by atoms with Crippen LogP contribution in [0.25, 0.3) is 11.4 Å². The molecule has 3 aromatic rings. The number of aromatic nitrogens is 4. The third-order valence-electron chi connectivity index (χ3n) is 5.68. The minimum Gasteiger partial charge on any atom is -0.357 e. The van der Waals surface area contributed by atoms with Gasteiger partial charge in [-0.15, -0.1) is 10.2 Å². The van der Waals surface area contributed by atoms with Gasteiger partial charge in [0.05, 0.1) is 16.3 Å². The fraction of sp³-hybridized carbons (Fsp3) is 0.364. The van der Waals surface area contributed by atoms with Gasteiger partial charge in [0.25, 0.3) is 0 Å². The third kappa shape index (κ3) is 4.04. The SMILES string of the molecule is CCN(CC)S(=O)(=O)c1cccc(-c2nnc3n2N=C(c2[nH]c(C)c(C(C)=O)c2C)CS3)c1. The monoisotopic (exact) mass is 486 g/mol. The van der Waals surface area contributed by atoms with Crippen molar-refractivity contribution in [2.45, 2.75) is 44.7 Å².